The van der Waals surface area contributed by atoms with Crippen LogP contribution in [0.25, 0.3) is 0 Å². The van der Waals surface area contributed by atoms with Gasteiger partial charge < -0.3 is 15.3 Å². The van der Waals surface area contributed by atoms with Gasteiger partial charge in [-0.1, -0.05) is 19.8 Å². The lowest BCUT2D eigenvalue weighted by atomic mass is 9.86. The highest BCUT2D eigenvalue weighted by atomic mass is 16.3. The summed E-state index contributed by atoms with van der Waals surface area (Å²) in [5.74, 6) is 0.189. The van der Waals surface area contributed by atoms with E-state index in [-0.39, 0.29) is 18.1 Å². The van der Waals surface area contributed by atoms with Crippen molar-refractivity contribution in [1.29, 1.82) is 0 Å². The first-order valence-corrected chi connectivity index (χ1v) is 7.74. The topological polar surface area (TPSA) is 70.4 Å². The number of carbonyl (C=O) groups excluding carboxylic acids is 1. The molecule has 0 saturated heterocycles. The summed E-state index contributed by atoms with van der Waals surface area (Å²) >= 11 is 0. The van der Waals surface area contributed by atoms with E-state index in [1.54, 1.807) is 16.6 Å². The second kappa shape index (κ2) is 6.93. The minimum absolute atomic E-state index is 0.143. The quantitative estimate of drug-likeness (QED) is 0.892. The Bertz CT molecular complexity index is 486. The Morgan fingerprint density at radius 3 is 2.90 bits per heavy atom. The van der Waals surface area contributed by atoms with Crippen LogP contribution in [0.5, 0.6) is 0 Å². The molecule has 0 bridgehead atoms. The van der Waals surface area contributed by atoms with Gasteiger partial charge in [-0.15, -0.1) is 0 Å². The van der Waals surface area contributed by atoms with Crippen molar-refractivity contribution >= 4 is 11.7 Å². The Hall–Kier alpha value is -1.56. The van der Waals surface area contributed by atoms with Crippen LogP contribution in [-0.2, 0) is 13.5 Å². The number of urea groups is 1. The number of hydrogen-bond donors (Lipinski definition) is 2. The first-order chi connectivity index (χ1) is 10.0. The highest BCUT2D eigenvalue weighted by molar-refractivity contribution is 5.89. The molecule has 0 unspecified atom stereocenters. The van der Waals surface area contributed by atoms with Gasteiger partial charge in [-0.2, -0.15) is 5.10 Å². The second-order valence-electron chi connectivity index (χ2n) is 5.94. The highest BCUT2D eigenvalue weighted by Crippen LogP contribution is 2.25. The predicted octanol–water partition coefficient (Wildman–Crippen LogP) is 2.00. The molecule has 2 rings (SSSR count). The van der Waals surface area contributed by atoms with Gasteiger partial charge in [0.15, 0.2) is 0 Å². The Kier molecular flexibility index (Phi) is 5.22. The van der Waals surface area contributed by atoms with Crippen LogP contribution in [0, 0.1) is 5.92 Å². The molecule has 118 valence electrons. The van der Waals surface area contributed by atoms with Crippen molar-refractivity contribution in [2.24, 2.45) is 13.0 Å². The van der Waals surface area contributed by atoms with Crippen LogP contribution < -0.4 is 5.32 Å². The van der Waals surface area contributed by atoms with Crippen LogP contribution in [0.2, 0.25) is 0 Å². The van der Waals surface area contributed by atoms with Gasteiger partial charge in [0.05, 0.1) is 17.5 Å². The summed E-state index contributed by atoms with van der Waals surface area (Å²) in [6.07, 6.45) is 6.39. The lowest BCUT2D eigenvalue weighted by molar-refractivity contribution is 0.0575. The average molecular weight is 294 g/mol. The van der Waals surface area contributed by atoms with Crippen LogP contribution in [0.1, 0.15) is 38.3 Å². The molecule has 1 heterocycles. The lowest BCUT2D eigenvalue weighted by Gasteiger charge is -2.31. The van der Waals surface area contributed by atoms with Gasteiger partial charge in [-0.25, -0.2) is 4.79 Å². The molecule has 0 aliphatic heterocycles. The number of carbonyl (C=O) groups is 1. The fourth-order valence-electron chi connectivity index (χ4n) is 2.95. The largest absolute Gasteiger partial charge is 0.393 e. The first kappa shape index (κ1) is 15.8. The molecular weight excluding hydrogens is 268 g/mol. The van der Waals surface area contributed by atoms with E-state index in [2.05, 4.69) is 10.4 Å². The highest BCUT2D eigenvalue weighted by Gasteiger charge is 2.25. The Morgan fingerprint density at radius 2 is 2.24 bits per heavy atom. The molecule has 0 radical (unpaired) electrons. The van der Waals surface area contributed by atoms with Crippen LogP contribution in [0.4, 0.5) is 10.5 Å². The van der Waals surface area contributed by atoms with E-state index in [4.69, 9.17) is 0 Å². The van der Waals surface area contributed by atoms with Crippen molar-refractivity contribution in [1.82, 2.24) is 14.7 Å². The monoisotopic (exact) mass is 294 g/mol. The number of nitrogens with one attached hydrogen (secondary N) is 1. The maximum Gasteiger partial charge on any atom is 0.321 e. The van der Waals surface area contributed by atoms with E-state index >= 15 is 0 Å². The van der Waals surface area contributed by atoms with Crippen molar-refractivity contribution in [3.63, 3.8) is 0 Å². The summed E-state index contributed by atoms with van der Waals surface area (Å²) in [5.41, 5.74) is 1.65. The zero-order valence-electron chi connectivity index (χ0n) is 13.2. The molecule has 1 aliphatic rings. The fourth-order valence-corrected chi connectivity index (χ4v) is 2.95. The number of aromatic nitrogens is 2. The molecule has 1 aliphatic carbocycles. The summed E-state index contributed by atoms with van der Waals surface area (Å²) in [7, 11) is 3.62. The predicted molar refractivity (Wildman–Crippen MR) is 82.2 cm³/mol. The third kappa shape index (κ3) is 3.97. The third-order valence-corrected chi connectivity index (χ3v) is 4.21. The zero-order chi connectivity index (χ0) is 15.4. The number of nitrogens with zero attached hydrogens (tertiary/aromatic N) is 3. The summed E-state index contributed by atoms with van der Waals surface area (Å²) < 4.78 is 1.71. The zero-order valence-corrected chi connectivity index (χ0v) is 13.2. The average Bonchev–Trinajstić information content (AvgIpc) is 2.81. The van der Waals surface area contributed by atoms with Gasteiger partial charge in [-0.05, 0) is 19.3 Å². The molecule has 1 aromatic heterocycles. The van der Waals surface area contributed by atoms with Gasteiger partial charge in [-0.3, -0.25) is 4.68 Å². The Morgan fingerprint density at radius 1 is 1.52 bits per heavy atom. The maximum absolute atomic E-state index is 12.3. The summed E-state index contributed by atoms with van der Waals surface area (Å²) in [4.78, 5) is 13.9. The van der Waals surface area contributed by atoms with Crippen molar-refractivity contribution in [3.8, 4) is 0 Å². The SMILES string of the molecule is CCc1nn(C)cc1NC(=O)N(C)C[C@@H]1CCCC[C@@H]1O. The van der Waals surface area contributed by atoms with Crippen molar-refractivity contribution in [3.05, 3.63) is 11.9 Å². The normalized spacial score (nSPS) is 22.1. The molecule has 0 aromatic carbocycles. The van der Waals surface area contributed by atoms with Crippen LogP contribution >= 0.6 is 0 Å². The maximum atomic E-state index is 12.3. The summed E-state index contributed by atoms with van der Waals surface area (Å²) in [5, 5.41) is 17.2. The standard InChI is InChI=1S/C15H26N4O2/c1-4-12-13(10-19(3)17-12)16-15(21)18(2)9-11-7-5-6-8-14(11)20/h10-11,14,20H,4-9H2,1-3H3,(H,16,21)/t11-,14-/m0/s1. The number of aryl methyl sites for hydroxylation is 2. The van der Waals surface area contributed by atoms with E-state index in [1.807, 2.05) is 20.2 Å². The Balaban J connectivity index is 1.92. The molecule has 6 nitrogen and oxygen atoms in total. The number of rotatable bonds is 4. The van der Waals surface area contributed by atoms with E-state index in [0.717, 1.165) is 43.5 Å². The fraction of sp³-hybridized carbons (Fsp3) is 0.733. The molecule has 0 spiro atoms. The number of aliphatic hydroxyl groups excluding tert-OH is 1. The van der Waals surface area contributed by atoms with E-state index < -0.39 is 0 Å². The number of anilines is 1. The minimum atomic E-state index is -0.279. The molecule has 6 heteroatoms. The van der Waals surface area contributed by atoms with Gasteiger partial charge in [0.2, 0.25) is 0 Å². The smallest absolute Gasteiger partial charge is 0.321 e. The molecular formula is C15H26N4O2. The number of amides is 2. The van der Waals surface area contributed by atoms with Gasteiger partial charge in [0.25, 0.3) is 0 Å². The van der Waals surface area contributed by atoms with Crippen molar-refractivity contribution in [2.75, 3.05) is 18.9 Å². The molecule has 1 saturated carbocycles. The van der Waals surface area contributed by atoms with E-state index in [0.29, 0.717) is 6.54 Å². The molecule has 2 amide bonds. The van der Waals surface area contributed by atoms with Gasteiger partial charge in [0.1, 0.15) is 0 Å². The molecule has 1 fully saturated rings. The summed E-state index contributed by atoms with van der Waals surface area (Å²) in [6, 6.07) is -0.143. The Labute approximate surface area is 126 Å². The molecule has 2 N–H and O–H groups in total. The van der Waals surface area contributed by atoms with Crippen LogP contribution in [0.15, 0.2) is 6.20 Å². The number of hydrogen-bond acceptors (Lipinski definition) is 3. The first-order valence-electron chi connectivity index (χ1n) is 7.74. The second-order valence-corrected chi connectivity index (χ2v) is 5.94. The lowest BCUT2D eigenvalue weighted by Crippen LogP contribution is -2.40. The third-order valence-electron chi connectivity index (χ3n) is 4.21. The minimum Gasteiger partial charge on any atom is -0.393 e. The van der Waals surface area contributed by atoms with Crippen LogP contribution in [-0.4, -0.2) is 45.5 Å². The van der Waals surface area contributed by atoms with Crippen molar-refractivity contribution in [2.45, 2.75) is 45.1 Å². The van der Waals surface area contributed by atoms with E-state index in [1.165, 1.54) is 0 Å². The molecule has 21 heavy (non-hydrogen) atoms. The van der Waals surface area contributed by atoms with E-state index in [9.17, 15) is 9.90 Å². The summed E-state index contributed by atoms with van der Waals surface area (Å²) in [6.45, 7) is 2.61. The number of aliphatic hydroxyl groups is 1. The van der Waals surface area contributed by atoms with Crippen LogP contribution in [0.3, 0.4) is 0 Å². The van der Waals surface area contributed by atoms with Gasteiger partial charge in [0, 0.05) is 32.8 Å². The van der Waals surface area contributed by atoms with Crippen molar-refractivity contribution < 1.29 is 9.90 Å². The molecule has 1 aromatic rings. The van der Waals surface area contributed by atoms with Gasteiger partial charge >= 0.3 is 6.03 Å². The molecule has 2 atom stereocenters.